The van der Waals surface area contributed by atoms with Crippen LogP contribution in [0.15, 0.2) is 36.5 Å². The van der Waals surface area contributed by atoms with Crippen LogP contribution < -0.4 is 0 Å². The Labute approximate surface area is 107 Å². The van der Waals surface area contributed by atoms with Crippen LogP contribution in [0.3, 0.4) is 0 Å². The van der Waals surface area contributed by atoms with E-state index >= 15 is 0 Å². The smallest absolute Gasteiger partial charge is 0.416 e. The average molecular weight is 268 g/mol. The molecule has 0 saturated heterocycles. The highest BCUT2D eigenvalue weighted by molar-refractivity contribution is 5.25. The van der Waals surface area contributed by atoms with Gasteiger partial charge >= 0.3 is 6.18 Å². The van der Waals surface area contributed by atoms with E-state index in [1.807, 2.05) is 0 Å². The Morgan fingerprint density at radius 1 is 1.05 bits per heavy atom. The summed E-state index contributed by atoms with van der Waals surface area (Å²) in [7, 11) is 0. The van der Waals surface area contributed by atoms with Crippen molar-refractivity contribution in [3.8, 4) is 5.75 Å². The Morgan fingerprint density at radius 2 is 1.74 bits per heavy atom. The lowest BCUT2D eigenvalue weighted by Crippen LogP contribution is -2.04. The van der Waals surface area contributed by atoms with E-state index in [9.17, 15) is 18.3 Å². The van der Waals surface area contributed by atoms with E-state index in [1.54, 1.807) is 0 Å². The minimum absolute atomic E-state index is 0.0254. The highest BCUT2D eigenvalue weighted by Gasteiger charge is 2.29. The highest BCUT2D eigenvalue weighted by atomic mass is 19.4. The van der Waals surface area contributed by atoms with Crippen molar-refractivity contribution in [3.63, 3.8) is 0 Å². The first-order valence-corrected chi connectivity index (χ1v) is 5.62. The summed E-state index contributed by atoms with van der Waals surface area (Å²) < 4.78 is 37.1. The van der Waals surface area contributed by atoms with E-state index in [0.29, 0.717) is 18.5 Å². The monoisotopic (exact) mass is 268 g/mol. The molecule has 0 spiro atoms. The van der Waals surface area contributed by atoms with Gasteiger partial charge in [-0.25, -0.2) is 0 Å². The Hall–Kier alpha value is -2.11. The van der Waals surface area contributed by atoms with Crippen LogP contribution in [0.5, 0.6) is 5.75 Å². The summed E-state index contributed by atoms with van der Waals surface area (Å²) in [6, 6.07) is 6.49. The van der Waals surface area contributed by atoms with Crippen molar-refractivity contribution in [2.75, 3.05) is 0 Å². The van der Waals surface area contributed by atoms with Crippen LogP contribution >= 0.6 is 0 Å². The van der Waals surface area contributed by atoms with Crippen molar-refractivity contribution in [2.24, 2.45) is 0 Å². The summed E-state index contributed by atoms with van der Waals surface area (Å²) in [5, 5.41) is 16.6. The van der Waals surface area contributed by atoms with Crippen LogP contribution in [0.1, 0.15) is 16.8 Å². The zero-order valence-corrected chi connectivity index (χ0v) is 9.85. The average Bonchev–Trinajstić information content (AvgIpc) is 2.36. The van der Waals surface area contributed by atoms with E-state index < -0.39 is 11.7 Å². The lowest BCUT2D eigenvalue weighted by Gasteiger charge is -2.07. The van der Waals surface area contributed by atoms with Crippen molar-refractivity contribution >= 4 is 0 Å². The highest BCUT2D eigenvalue weighted by Crippen LogP contribution is 2.29. The Bertz CT molecular complexity index is 553. The maximum Gasteiger partial charge on any atom is 0.416 e. The van der Waals surface area contributed by atoms with Crippen LogP contribution in [-0.4, -0.2) is 15.3 Å². The van der Waals surface area contributed by atoms with Gasteiger partial charge in [0.2, 0.25) is 0 Å². The molecule has 0 aliphatic heterocycles. The van der Waals surface area contributed by atoms with Gasteiger partial charge in [0, 0.05) is 6.07 Å². The van der Waals surface area contributed by atoms with Crippen LogP contribution in [0, 0.1) is 0 Å². The van der Waals surface area contributed by atoms with E-state index in [2.05, 4.69) is 10.2 Å². The molecule has 0 unspecified atom stereocenters. The molecule has 0 atom stereocenters. The summed E-state index contributed by atoms with van der Waals surface area (Å²) in [6.07, 6.45) is -2.04. The van der Waals surface area contributed by atoms with Gasteiger partial charge in [-0.15, -0.1) is 0 Å². The first kappa shape index (κ1) is 13.3. The van der Waals surface area contributed by atoms with Gasteiger partial charge < -0.3 is 5.11 Å². The number of benzene rings is 1. The topological polar surface area (TPSA) is 46.0 Å². The van der Waals surface area contributed by atoms with E-state index in [4.69, 9.17) is 0 Å². The second-order valence-electron chi connectivity index (χ2n) is 4.10. The molecule has 0 amide bonds. The summed E-state index contributed by atoms with van der Waals surface area (Å²) in [5.41, 5.74) is 0.714. The summed E-state index contributed by atoms with van der Waals surface area (Å²) in [6.45, 7) is 0. The molecule has 0 aliphatic carbocycles. The zero-order valence-electron chi connectivity index (χ0n) is 9.85. The van der Waals surface area contributed by atoms with Gasteiger partial charge in [-0.05, 0) is 30.5 Å². The number of rotatable bonds is 3. The molecular weight excluding hydrogens is 257 g/mol. The summed E-state index contributed by atoms with van der Waals surface area (Å²) in [4.78, 5) is 0. The molecule has 0 bridgehead atoms. The molecule has 100 valence electrons. The Balaban J connectivity index is 2.01. The number of aryl methyl sites for hydroxylation is 2. The molecule has 0 fully saturated rings. The van der Waals surface area contributed by atoms with E-state index in [0.717, 1.165) is 17.7 Å². The van der Waals surface area contributed by atoms with Crippen molar-refractivity contribution in [1.29, 1.82) is 0 Å². The standard InChI is InChI=1S/C13H11F3N2O/c14-13(15,16)10-4-1-9(2-5-10)3-6-11-7-12(19)8-17-18-11/h1-2,4-5,7-8H,3,6H2,(H,18,19). The molecule has 0 saturated carbocycles. The lowest BCUT2D eigenvalue weighted by atomic mass is 10.1. The molecule has 1 N–H and O–H groups in total. The maximum absolute atomic E-state index is 12.4. The minimum Gasteiger partial charge on any atom is -0.506 e. The number of aromatic hydroxyl groups is 1. The first-order valence-electron chi connectivity index (χ1n) is 5.62. The molecule has 0 aliphatic rings. The molecule has 1 aromatic carbocycles. The summed E-state index contributed by atoms with van der Waals surface area (Å²) >= 11 is 0. The van der Waals surface area contributed by atoms with Crippen molar-refractivity contribution in [3.05, 3.63) is 53.3 Å². The van der Waals surface area contributed by atoms with E-state index in [1.165, 1.54) is 24.4 Å². The molecule has 2 rings (SSSR count). The number of hydrogen-bond donors (Lipinski definition) is 1. The third kappa shape index (κ3) is 3.67. The fourth-order valence-corrected chi connectivity index (χ4v) is 1.65. The second kappa shape index (κ2) is 5.26. The van der Waals surface area contributed by atoms with Gasteiger partial charge in [0.25, 0.3) is 0 Å². The van der Waals surface area contributed by atoms with Gasteiger partial charge in [0.05, 0.1) is 17.5 Å². The predicted molar refractivity (Wildman–Crippen MR) is 62.5 cm³/mol. The fraction of sp³-hybridized carbons (Fsp3) is 0.231. The zero-order chi connectivity index (χ0) is 13.9. The SMILES string of the molecule is Oc1cnnc(CCc2ccc(C(F)(F)F)cc2)c1. The number of hydrogen-bond acceptors (Lipinski definition) is 3. The Morgan fingerprint density at radius 3 is 2.32 bits per heavy atom. The molecule has 3 nitrogen and oxygen atoms in total. The van der Waals surface area contributed by atoms with Gasteiger partial charge in [0.1, 0.15) is 5.75 Å². The van der Waals surface area contributed by atoms with E-state index in [-0.39, 0.29) is 5.75 Å². The number of aromatic nitrogens is 2. The van der Waals surface area contributed by atoms with Crippen LogP contribution in [0.2, 0.25) is 0 Å². The van der Waals surface area contributed by atoms with Crippen LogP contribution in [0.4, 0.5) is 13.2 Å². The molecule has 0 radical (unpaired) electrons. The quantitative estimate of drug-likeness (QED) is 0.930. The number of halogens is 3. The maximum atomic E-state index is 12.4. The Kier molecular flexibility index (Phi) is 3.69. The summed E-state index contributed by atoms with van der Waals surface area (Å²) in [5.74, 6) is 0.0254. The molecule has 19 heavy (non-hydrogen) atoms. The number of nitrogens with zero attached hydrogens (tertiary/aromatic N) is 2. The molecule has 6 heteroatoms. The third-order valence-corrected chi connectivity index (χ3v) is 2.64. The van der Waals surface area contributed by atoms with Gasteiger partial charge in [-0.2, -0.15) is 23.4 Å². The van der Waals surface area contributed by atoms with Crippen molar-refractivity contribution < 1.29 is 18.3 Å². The minimum atomic E-state index is -4.31. The largest absolute Gasteiger partial charge is 0.506 e. The molecular formula is C13H11F3N2O. The predicted octanol–water partition coefficient (Wildman–Crippen LogP) is 2.99. The fourth-order valence-electron chi connectivity index (χ4n) is 1.65. The van der Waals surface area contributed by atoms with Gasteiger partial charge in [0.15, 0.2) is 0 Å². The van der Waals surface area contributed by atoms with Crippen molar-refractivity contribution in [1.82, 2.24) is 10.2 Å². The normalized spacial score (nSPS) is 11.5. The van der Waals surface area contributed by atoms with Crippen LogP contribution in [0.25, 0.3) is 0 Å². The van der Waals surface area contributed by atoms with Crippen molar-refractivity contribution in [2.45, 2.75) is 19.0 Å². The van der Waals surface area contributed by atoms with Crippen LogP contribution in [-0.2, 0) is 19.0 Å². The molecule has 1 aromatic heterocycles. The third-order valence-electron chi connectivity index (χ3n) is 2.64. The van der Waals surface area contributed by atoms with Gasteiger partial charge in [-0.1, -0.05) is 12.1 Å². The second-order valence-corrected chi connectivity index (χ2v) is 4.10. The first-order chi connectivity index (χ1) is 8.95. The number of alkyl halides is 3. The van der Waals surface area contributed by atoms with Gasteiger partial charge in [-0.3, -0.25) is 0 Å². The lowest BCUT2D eigenvalue weighted by molar-refractivity contribution is -0.137. The molecule has 1 heterocycles. The molecule has 2 aromatic rings.